The average molecular weight is 385 g/mol. The summed E-state index contributed by atoms with van der Waals surface area (Å²) in [5.41, 5.74) is 8.64. The summed E-state index contributed by atoms with van der Waals surface area (Å²) in [7, 11) is 0. The minimum absolute atomic E-state index is 0.0499. The van der Waals surface area contributed by atoms with Gasteiger partial charge in [-0.1, -0.05) is 36.6 Å². The van der Waals surface area contributed by atoms with Crippen LogP contribution in [-0.4, -0.2) is 27.3 Å². The third-order valence-electron chi connectivity index (χ3n) is 5.78. The van der Waals surface area contributed by atoms with Gasteiger partial charge in [-0.05, 0) is 49.8 Å². The fourth-order valence-corrected chi connectivity index (χ4v) is 4.62. The van der Waals surface area contributed by atoms with E-state index in [4.69, 9.17) is 17.3 Å². The van der Waals surface area contributed by atoms with Crippen molar-refractivity contribution in [2.75, 3.05) is 12.3 Å². The number of nitrogens with zero attached hydrogens (tertiary/aromatic N) is 3. The Bertz CT molecular complexity index is 835. The van der Waals surface area contributed by atoms with E-state index >= 15 is 0 Å². The molecule has 2 aliphatic rings. The predicted octanol–water partition coefficient (Wildman–Crippen LogP) is 4.62. The third-order valence-corrected chi connectivity index (χ3v) is 6.01. The molecule has 27 heavy (non-hydrogen) atoms. The number of amides is 1. The molecule has 1 saturated heterocycles. The fourth-order valence-electron chi connectivity index (χ4n) is 4.43. The second-order valence-corrected chi connectivity index (χ2v) is 8.00. The maximum Gasteiger partial charge on any atom is 0.226 e. The summed E-state index contributed by atoms with van der Waals surface area (Å²) < 4.78 is 0. The van der Waals surface area contributed by atoms with Gasteiger partial charge in [-0.2, -0.15) is 0 Å². The Hall–Kier alpha value is -2.14. The molecule has 142 valence electrons. The summed E-state index contributed by atoms with van der Waals surface area (Å²) in [5.74, 6) is 0.695. The van der Waals surface area contributed by atoms with Crippen LogP contribution in [0.3, 0.4) is 0 Å². The highest BCUT2D eigenvalue weighted by Crippen LogP contribution is 2.38. The molecule has 5 nitrogen and oxygen atoms in total. The minimum atomic E-state index is -0.0499. The number of halogens is 1. The first-order chi connectivity index (χ1) is 13.1. The van der Waals surface area contributed by atoms with E-state index in [0.29, 0.717) is 5.02 Å². The molecule has 0 radical (unpaired) electrons. The average Bonchev–Trinajstić information content (AvgIpc) is 3.22. The number of hydrogen-bond donors (Lipinski definition) is 1. The number of nitrogens with two attached hydrogens (primary N) is 1. The summed E-state index contributed by atoms with van der Waals surface area (Å²) in [6.07, 6.45) is 9.12. The number of rotatable bonds is 3. The highest BCUT2D eigenvalue weighted by atomic mass is 35.5. The van der Waals surface area contributed by atoms with E-state index in [1.54, 1.807) is 6.20 Å². The van der Waals surface area contributed by atoms with Gasteiger partial charge in [-0.3, -0.25) is 4.79 Å². The van der Waals surface area contributed by atoms with Crippen LogP contribution in [0, 0.1) is 5.92 Å². The van der Waals surface area contributed by atoms with E-state index in [2.05, 4.69) is 14.9 Å². The van der Waals surface area contributed by atoms with Crippen molar-refractivity contribution in [3.63, 3.8) is 0 Å². The molecule has 1 aromatic carbocycles. The van der Waals surface area contributed by atoms with Crippen LogP contribution >= 0.6 is 11.6 Å². The first-order valence-corrected chi connectivity index (χ1v) is 10.2. The Balaban J connectivity index is 1.73. The molecule has 1 amide bonds. The van der Waals surface area contributed by atoms with Crippen molar-refractivity contribution in [2.45, 2.75) is 51.0 Å². The summed E-state index contributed by atoms with van der Waals surface area (Å²) in [6.45, 7) is 0.791. The summed E-state index contributed by atoms with van der Waals surface area (Å²) in [4.78, 5) is 24.1. The van der Waals surface area contributed by atoms with E-state index in [1.807, 2.05) is 24.3 Å². The Morgan fingerprint density at radius 1 is 1.15 bits per heavy atom. The Morgan fingerprint density at radius 3 is 2.70 bits per heavy atom. The van der Waals surface area contributed by atoms with Gasteiger partial charge in [0.05, 0.1) is 11.7 Å². The number of anilines is 1. The molecule has 1 aliphatic heterocycles. The molecule has 2 heterocycles. The number of nitrogen functional groups attached to an aromatic ring is 1. The maximum atomic E-state index is 13.2. The quantitative estimate of drug-likeness (QED) is 0.837. The molecule has 2 aromatic rings. The number of aromatic nitrogens is 2. The van der Waals surface area contributed by atoms with E-state index < -0.39 is 0 Å². The SMILES string of the molecule is Nc1ncc(-c2cccc(Cl)c2)c([C@@H]2CCCCN2C(=O)C2CCCC2)n1. The maximum absolute atomic E-state index is 13.2. The molecule has 2 N–H and O–H groups in total. The van der Waals surface area contributed by atoms with Gasteiger partial charge in [0.15, 0.2) is 0 Å². The van der Waals surface area contributed by atoms with Crippen molar-refractivity contribution in [1.29, 1.82) is 0 Å². The van der Waals surface area contributed by atoms with Crippen molar-refractivity contribution >= 4 is 23.5 Å². The van der Waals surface area contributed by atoms with Gasteiger partial charge in [0.1, 0.15) is 0 Å². The number of carbonyl (C=O) groups excluding carboxylic acids is 1. The van der Waals surface area contributed by atoms with Crippen molar-refractivity contribution in [1.82, 2.24) is 14.9 Å². The first kappa shape index (κ1) is 18.2. The Kier molecular flexibility index (Phi) is 5.30. The van der Waals surface area contributed by atoms with Crippen LogP contribution in [0.4, 0.5) is 5.95 Å². The van der Waals surface area contributed by atoms with E-state index in [-0.39, 0.29) is 23.8 Å². The lowest BCUT2D eigenvalue weighted by molar-refractivity contribution is -0.139. The fraction of sp³-hybridized carbons (Fsp3) is 0.476. The lowest BCUT2D eigenvalue weighted by Crippen LogP contribution is -2.42. The largest absolute Gasteiger partial charge is 0.368 e. The zero-order valence-corrected chi connectivity index (χ0v) is 16.2. The van der Waals surface area contributed by atoms with Gasteiger partial charge in [0.25, 0.3) is 0 Å². The zero-order valence-electron chi connectivity index (χ0n) is 15.4. The van der Waals surface area contributed by atoms with E-state index in [0.717, 1.165) is 68.3 Å². The van der Waals surface area contributed by atoms with Crippen LogP contribution in [0.25, 0.3) is 11.1 Å². The van der Waals surface area contributed by atoms with Gasteiger partial charge >= 0.3 is 0 Å². The van der Waals surface area contributed by atoms with Crippen LogP contribution in [0.2, 0.25) is 5.02 Å². The topological polar surface area (TPSA) is 72.1 Å². The molecular formula is C21H25ClN4O. The molecular weight excluding hydrogens is 360 g/mol. The predicted molar refractivity (Wildman–Crippen MR) is 107 cm³/mol. The summed E-state index contributed by atoms with van der Waals surface area (Å²) >= 11 is 6.20. The summed E-state index contributed by atoms with van der Waals surface area (Å²) in [6, 6.07) is 7.62. The molecule has 1 aromatic heterocycles. The van der Waals surface area contributed by atoms with Crippen molar-refractivity contribution < 1.29 is 4.79 Å². The molecule has 1 atom stereocenters. The number of likely N-dealkylation sites (tertiary alicyclic amines) is 1. The first-order valence-electron chi connectivity index (χ1n) is 9.82. The monoisotopic (exact) mass is 384 g/mol. The van der Waals surface area contributed by atoms with Gasteiger partial charge in [0.2, 0.25) is 11.9 Å². The van der Waals surface area contributed by atoms with E-state index in [1.165, 1.54) is 0 Å². The lowest BCUT2D eigenvalue weighted by Gasteiger charge is -2.37. The second kappa shape index (κ2) is 7.85. The van der Waals surface area contributed by atoms with Gasteiger partial charge < -0.3 is 10.6 Å². The summed E-state index contributed by atoms with van der Waals surface area (Å²) in [5, 5.41) is 0.665. The Labute approximate surface area is 164 Å². The lowest BCUT2D eigenvalue weighted by atomic mass is 9.92. The highest BCUT2D eigenvalue weighted by Gasteiger charge is 2.35. The standard InChI is InChI=1S/C21H25ClN4O/c22-16-9-5-8-15(12-16)17-13-24-21(23)25-19(17)18-10-3-4-11-26(18)20(27)14-6-1-2-7-14/h5,8-9,12-14,18H,1-4,6-7,10-11H2,(H2,23,24,25)/t18-/m0/s1. The van der Waals surface area contributed by atoms with Crippen molar-refractivity contribution in [2.24, 2.45) is 5.92 Å². The van der Waals surface area contributed by atoms with Crippen LogP contribution in [0.5, 0.6) is 0 Å². The molecule has 2 fully saturated rings. The van der Waals surface area contributed by atoms with E-state index in [9.17, 15) is 4.79 Å². The number of piperidine rings is 1. The Morgan fingerprint density at radius 2 is 1.93 bits per heavy atom. The normalized spacial score (nSPS) is 20.8. The van der Waals surface area contributed by atoms with Crippen molar-refractivity contribution in [3.8, 4) is 11.1 Å². The molecule has 0 bridgehead atoms. The highest BCUT2D eigenvalue weighted by molar-refractivity contribution is 6.30. The third kappa shape index (κ3) is 3.79. The molecule has 0 unspecified atom stereocenters. The second-order valence-electron chi connectivity index (χ2n) is 7.56. The molecule has 4 rings (SSSR count). The zero-order chi connectivity index (χ0) is 18.8. The van der Waals surface area contributed by atoms with Crippen molar-refractivity contribution in [3.05, 3.63) is 41.2 Å². The number of carbonyl (C=O) groups is 1. The van der Waals surface area contributed by atoms with Crippen LogP contribution in [0.15, 0.2) is 30.5 Å². The van der Waals surface area contributed by atoms with Crippen LogP contribution < -0.4 is 5.73 Å². The number of benzene rings is 1. The van der Waals surface area contributed by atoms with Gasteiger partial charge in [-0.15, -0.1) is 0 Å². The van der Waals surface area contributed by atoms with Crippen LogP contribution in [-0.2, 0) is 4.79 Å². The molecule has 1 saturated carbocycles. The number of hydrogen-bond acceptors (Lipinski definition) is 4. The van der Waals surface area contributed by atoms with Gasteiger partial charge in [-0.25, -0.2) is 9.97 Å². The van der Waals surface area contributed by atoms with Gasteiger partial charge in [0, 0.05) is 29.2 Å². The molecule has 1 aliphatic carbocycles. The van der Waals surface area contributed by atoms with Crippen LogP contribution in [0.1, 0.15) is 56.7 Å². The molecule has 0 spiro atoms. The molecule has 6 heteroatoms. The smallest absolute Gasteiger partial charge is 0.226 e. The minimum Gasteiger partial charge on any atom is -0.368 e.